The number of carbonyl (C=O) groups is 2. The monoisotopic (exact) mass is 431 g/mol. The zero-order chi connectivity index (χ0) is 20.2. The molecule has 1 saturated heterocycles. The highest BCUT2D eigenvalue weighted by Crippen LogP contribution is 2.30. The number of amides is 2. The fourth-order valence-electron chi connectivity index (χ4n) is 4.15. The van der Waals surface area contributed by atoms with Crippen LogP contribution >= 0.6 is 22.9 Å². The lowest BCUT2D eigenvalue weighted by Crippen LogP contribution is -2.41. The predicted octanol–water partition coefficient (Wildman–Crippen LogP) is 3.63. The molecule has 1 aromatic carbocycles. The number of hydrogen-bond donors (Lipinski definition) is 1. The molecule has 0 radical (unpaired) electrons. The molecule has 29 heavy (non-hydrogen) atoms. The van der Waals surface area contributed by atoms with Crippen LogP contribution in [0.3, 0.4) is 0 Å². The maximum absolute atomic E-state index is 12.4. The molecule has 4 rings (SSSR count). The molecule has 3 heterocycles. The van der Waals surface area contributed by atoms with Gasteiger partial charge in [0.25, 0.3) is 0 Å². The molecule has 7 heteroatoms. The zero-order valence-electron chi connectivity index (χ0n) is 16.4. The summed E-state index contributed by atoms with van der Waals surface area (Å²) in [6, 6.07) is 10.2. The molecule has 1 aromatic heterocycles. The maximum Gasteiger partial charge on any atom is 0.222 e. The molecule has 5 nitrogen and oxygen atoms in total. The number of halogens is 1. The lowest BCUT2D eigenvalue weighted by molar-refractivity contribution is -0.128. The molecule has 0 aliphatic carbocycles. The van der Waals surface area contributed by atoms with Gasteiger partial charge in [0.1, 0.15) is 0 Å². The minimum Gasteiger partial charge on any atom is -0.354 e. The van der Waals surface area contributed by atoms with E-state index in [0.717, 1.165) is 38.0 Å². The lowest BCUT2D eigenvalue weighted by Gasteiger charge is -2.35. The van der Waals surface area contributed by atoms with E-state index in [1.54, 1.807) is 4.90 Å². The molecule has 2 aliphatic rings. The van der Waals surface area contributed by atoms with Crippen molar-refractivity contribution >= 4 is 34.8 Å². The quantitative estimate of drug-likeness (QED) is 0.728. The number of fused-ring (bicyclic) bond motifs is 1. The summed E-state index contributed by atoms with van der Waals surface area (Å²) in [6.07, 6.45) is 2.91. The second kappa shape index (κ2) is 9.28. The SMILES string of the molecule is O=C(CCN1CCCC1=O)NCC(c1ccc(Cl)cc1)N1CCc2sccc2C1. The van der Waals surface area contributed by atoms with Crippen LogP contribution in [0.5, 0.6) is 0 Å². The first kappa shape index (κ1) is 20.4. The van der Waals surface area contributed by atoms with E-state index in [1.807, 2.05) is 35.6 Å². The van der Waals surface area contributed by atoms with Crippen LogP contribution in [0.1, 0.15) is 41.3 Å². The first-order valence-electron chi connectivity index (χ1n) is 10.2. The number of likely N-dealkylation sites (tertiary alicyclic amines) is 1. The van der Waals surface area contributed by atoms with Gasteiger partial charge in [-0.2, -0.15) is 0 Å². The van der Waals surface area contributed by atoms with Crippen molar-refractivity contribution in [3.05, 3.63) is 56.7 Å². The summed E-state index contributed by atoms with van der Waals surface area (Å²) in [6.45, 7) is 3.70. The van der Waals surface area contributed by atoms with Crippen molar-refractivity contribution in [3.63, 3.8) is 0 Å². The van der Waals surface area contributed by atoms with Crippen molar-refractivity contribution in [1.29, 1.82) is 0 Å². The van der Waals surface area contributed by atoms with Crippen LogP contribution in [0.25, 0.3) is 0 Å². The Kier molecular flexibility index (Phi) is 6.53. The van der Waals surface area contributed by atoms with Crippen molar-refractivity contribution in [2.75, 3.05) is 26.2 Å². The van der Waals surface area contributed by atoms with E-state index in [4.69, 9.17) is 11.6 Å². The first-order valence-corrected chi connectivity index (χ1v) is 11.4. The number of benzene rings is 1. The highest BCUT2D eigenvalue weighted by atomic mass is 35.5. The molecule has 2 amide bonds. The molecular weight excluding hydrogens is 406 g/mol. The van der Waals surface area contributed by atoms with Crippen LogP contribution in [-0.4, -0.2) is 47.8 Å². The van der Waals surface area contributed by atoms with Gasteiger partial charge in [-0.25, -0.2) is 0 Å². The molecule has 1 N–H and O–H groups in total. The number of rotatable bonds is 7. The summed E-state index contributed by atoms with van der Waals surface area (Å²) in [4.78, 5) is 29.9. The number of hydrogen-bond acceptors (Lipinski definition) is 4. The van der Waals surface area contributed by atoms with Crippen LogP contribution in [0.15, 0.2) is 35.7 Å². The third-order valence-corrected chi connectivity index (χ3v) is 7.08. The van der Waals surface area contributed by atoms with Gasteiger partial charge in [0.05, 0.1) is 6.04 Å². The Bertz CT molecular complexity index is 867. The zero-order valence-corrected chi connectivity index (χ0v) is 18.0. The summed E-state index contributed by atoms with van der Waals surface area (Å²) in [5.41, 5.74) is 2.54. The van der Waals surface area contributed by atoms with Crippen LogP contribution in [-0.2, 0) is 22.6 Å². The number of nitrogens with zero attached hydrogens (tertiary/aromatic N) is 2. The molecule has 0 saturated carbocycles. The molecule has 2 aromatic rings. The Morgan fingerprint density at radius 1 is 1.17 bits per heavy atom. The van der Waals surface area contributed by atoms with Gasteiger partial charge in [-0.1, -0.05) is 23.7 Å². The van der Waals surface area contributed by atoms with E-state index in [-0.39, 0.29) is 17.9 Å². The highest BCUT2D eigenvalue weighted by Gasteiger charge is 2.26. The van der Waals surface area contributed by atoms with Crippen LogP contribution in [0, 0.1) is 0 Å². The average Bonchev–Trinajstić information content (AvgIpc) is 3.36. The van der Waals surface area contributed by atoms with Crippen molar-refractivity contribution in [1.82, 2.24) is 15.1 Å². The lowest BCUT2D eigenvalue weighted by atomic mass is 10.0. The van der Waals surface area contributed by atoms with E-state index in [1.165, 1.54) is 10.4 Å². The minimum atomic E-state index is -0.00287. The smallest absolute Gasteiger partial charge is 0.222 e. The third kappa shape index (κ3) is 5.00. The third-order valence-electron chi connectivity index (χ3n) is 5.81. The summed E-state index contributed by atoms with van der Waals surface area (Å²) in [5, 5.41) is 5.97. The predicted molar refractivity (Wildman–Crippen MR) is 116 cm³/mol. The van der Waals surface area contributed by atoms with Crippen LogP contribution < -0.4 is 5.32 Å². The molecule has 0 bridgehead atoms. The Morgan fingerprint density at radius 3 is 2.76 bits per heavy atom. The standard InChI is InChI=1S/C22H26ClN3O2S/c23-18-5-3-16(4-6-18)19(26-11-7-20-17(15-26)9-13-29-20)14-24-21(27)8-12-25-10-1-2-22(25)28/h3-6,9,13,19H,1-2,7-8,10-12,14-15H2,(H,24,27). The van der Waals surface area contributed by atoms with Crippen molar-refractivity contribution in [2.45, 2.75) is 38.3 Å². The molecule has 0 spiro atoms. The normalized spacial score (nSPS) is 18.0. The second-order valence-corrected chi connectivity index (χ2v) is 9.13. The summed E-state index contributed by atoms with van der Waals surface area (Å²) < 4.78 is 0. The van der Waals surface area contributed by atoms with Gasteiger partial charge in [-0.3, -0.25) is 14.5 Å². The van der Waals surface area contributed by atoms with E-state index >= 15 is 0 Å². The van der Waals surface area contributed by atoms with Crippen molar-refractivity contribution in [3.8, 4) is 0 Å². The minimum absolute atomic E-state index is 0.00287. The Balaban J connectivity index is 1.39. The van der Waals surface area contributed by atoms with Crippen LogP contribution in [0.4, 0.5) is 0 Å². The van der Waals surface area contributed by atoms with Gasteiger partial charge < -0.3 is 10.2 Å². The maximum atomic E-state index is 12.4. The molecular formula is C22H26ClN3O2S. The van der Waals surface area contributed by atoms with Gasteiger partial charge in [0.15, 0.2) is 0 Å². The fraction of sp³-hybridized carbons (Fsp3) is 0.455. The number of carbonyl (C=O) groups excluding carboxylic acids is 2. The van der Waals surface area contributed by atoms with E-state index in [0.29, 0.717) is 31.0 Å². The van der Waals surface area contributed by atoms with Crippen LogP contribution in [0.2, 0.25) is 5.02 Å². The van der Waals surface area contributed by atoms with E-state index < -0.39 is 0 Å². The summed E-state index contributed by atoms with van der Waals surface area (Å²) in [7, 11) is 0. The van der Waals surface area contributed by atoms with E-state index in [9.17, 15) is 9.59 Å². The first-order chi connectivity index (χ1) is 14.1. The molecule has 1 atom stereocenters. The average molecular weight is 432 g/mol. The highest BCUT2D eigenvalue weighted by molar-refractivity contribution is 7.10. The Labute approximate surface area is 180 Å². The largest absolute Gasteiger partial charge is 0.354 e. The number of nitrogens with one attached hydrogen (secondary N) is 1. The van der Waals surface area contributed by atoms with Gasteiger partial charge in [0, 0.05) is 55.5 Å². The van der Waals surface area contributed by atoms with Gasteiger partial charge >= 0.3 is 0 Å². The molecule has 1 fully saturated rings. The van der Waals surface area contributed by atoms with Crippen molar-refractivity contribution in [2.24, 2.45) is 0 Å². The summed E-state index contributed by atoms with van der Waals surface area (Å²) >= 11 is 7.91. The Hall–Kier alpha value is -1.89. The van der Waals surface area contributed by atoms with E-state index in [2.05, 4.69) is 21.7 Å². The summed E-state index contributed by atoms with van der Waals surface area (Å²) in [5.74, 6) is 0.161. The van der Waals surface area contributed by atoms with Crippen molar-refractivity contribution < 1.29 is 9.59 Å². The molecule has 2 aliphatic heterocycles. The second-order valence-electron chi connectivity index (χ2n) is 7.70. The topological polar surface area (TPSA) is 52.7 Å². The molecule has 154 valence electrons. The number of thiophene rings is 1. The van der Waals surface area contributed by atoms with Gasteiger partial charge in [0.2, 0.25) is 11.8 Å². The Morgan fingerprint density at radius 2 is 2.00 bits per heavy atom. The van der Waals surface area contributed by atoms with Gasteiger partial charge in [-0.05, 0) is 47.5 Å². The molecule has 1 unspecified atom stereocenters. The fourth-order valence-corrected chi connectivity index (χ4v) is 5.17. The van der Waals surface area contributed by atoms with Gasteiger partial charge in [-0.15, -0.1) is 11.3 Å².